The number of nitrogens with zero attached hydrogens (tertiary/aromatic N) is 1. The van der Waals surface area contributed by atoms with Crippen LogP contribution in [0.5, 0.6) is 0 Å². The quantitative estimate of drug-likeness (QED) is 0.665. The van der Waals surface area contributed by atoms with Crippen molar-refractivity contribution < 1.29 is 9.90 Å². The maximum atomic E-state index is 11.4. The monoisotopic (exact) mass is 211 g/mol. The van der Waals surface area contributed by atoms with Gasteiger partial charge in [0.25, 0.3) is 5.91 Å². The Hall–Kier alpha value is -1.36. The van der Waals surface area contributed by atoms with Crippen LogP contribution in [0.2, 0.25) is 0 Å². The first kappa shape index (κ1) is 11.7. The fraction of sp³-hybridized carbons (Fsp3) is 0.600. The molecule has 1 heterocycles. The Morgan fingerprint density at radius 2 is 2.40 bits per heavy atom. The lowest BCUT2D eigenvalue weighted by atomic mass is 10.1. The van der Waals surface area contributed by atoms with Crippen molar-refractivity contribution >= 4 is 5.91 Å². The summed E-state index contributed by atoms with van der Waals surface area (Å²) in [6.07, 6.45) is 1.71. The summed E-state index contributed by atoms with van der Waals surface area (Å²) < 4.78 is 0. The number of nitrogens with one attached hydrogen (secondary N) is 2. The molecule has 0 saturated heterocycles. The third-order valence-corrected chi connectivity index (χ3v) is 1.99. The minimum atomic E-state index is -0.489. The van der Waals surface area contributed by atoms with Crippen LogP contribution >= 0.6 is 0 Å². The first-order chi connectivity index (χ1) is 7.09. The van der Waals surface area contributed by atoms with Gasteiger partial charge in [-0.2, -0.15) is 5.10 Å². The number of aromatic nitrogens is 2. The highest BCUT2D eigenvalue weighted by molar-refractivity contribution is 5.92. The first-order valence-corrected chi connectivity index (χ1v) is 5.05. The van der Waals surface area contributed by atoms with Gasteiger partial charge in [0.15, 0.2) is 0 Å². The summed E-state index contributed by atoms with van der Waals surface area (Å²) in [5.41, 5.74) is 0.409. The Labute approximate surface area is 88.9 Å². The molecule has 0 saturated carbocycles. The largest absolute Gasteiger partial charge is 0.391 e. The van der Waals surface area contributed by atoms with E-state index in [0.717, 1.165) is 0 Å². The number of aromatic amines is 1. The zero-order valence-electron chi connectivity index (χ0n) is 9.03. The second-order valence-electron chi connectivity index (χ2n) is 3.96. The highest BCUT2D eigenvalue weighted by Gasteiger charge is 2.10. The van der Waals surface area contributed by atoms with E-state index in [-0.39, 0.29) is 12.5 Å². The highest BCUT2D eigenvalue weighted by Crippen LogP contribution is 2.03. The molecule has 0 fully saturated rings. The lowest BCUT2D eigenvalue weighted by Gasteiger charge is -2.13. The van der Waals surface area contributed by atoms with Crippen LogP contribution < -0.4 is 5.32 Å². The number of aliphatic hydroxyl groups is 1. The molecular weight excluding hydrogens is 194 g/mol. The molecular formula is C10H17N3O2. The number of amides is 1. The molecule has 0 bridgehead atoms. The molecule has 1 amide bonds. The Morgan fingerprint density at radius 3 is 2.93 bits per heavy atom. The Bertz CT molecular complexity index is 296. The molecule has 84 valence electrons. The normalized spacial score (nSPS) is 12.8. The Morgan fingerprint density at radius 1 is 1.67 bits per heavy atom. The molecule has 0 aromatic carbocycles. The number of carbonyl (C=O) groups is 1. The molecule has 3 N–H and O–H groups in total. The molecule has 5 heteroatoms. The molecule has 0 aliphatic carbocycles. The van der Waals surface area contributed by atoms with Crippen molar-refractivity contribution in [2.24, 2.45) is 5.92 Å². The van der Waals surface area contributed by atoms with Crippen molar-refractivity contribution in [3.8, 4) is 0 Å². The summed E-state index contributed by atoms with van der Waals surface area (Å²) in [5, 5.41) is 18.4. The average molecular weight is 211 g/mol. The van der Waals surface area contributed by atoms with E-state index in [2.05, 4.69) is 15.5 Å². The molecule has 1 atom stereocenters. The fourth-order valence-electron chi connectivity index (χ4n) is 1.32. The number of rotatable bonds is 5. The maximum Gasteiger partial charge on any atom is 0.269 e. The van der Waals surface area contributed by atoms with Crippen LogP contribution in [-0.4, -0.2) is 33.9 Å². The SMILES string of the molecule is CC(C)CC(O)CNC(=O)c1ccn[nH]1. The first-order valence-electron chi connectivity index (χ1n) is 5.05. The van der Waals surface area contributed by atoms with Crippen LogP contribution in [-0.2, 0) is 0 Å². The number of hydrogen-bond acceptors (Lipinski definition) is 3. The van der Waals surface area contributed by atoms with Gasteiger partial charge in [-0.05, 0) is 18.4 Å². The van der Waals surface area contributed by atoms with Gasteiger partial charge in [0, 0.05) is 12.7 Å². The summed E-state index contributed by atoms with van der Waals surface area (Å²) in [5.74, 6) is 0.180. The van der Waals surface area contributed by atoms with Gasteiger partial charge in [-0.3, -0.25) is 9.89 Å². The molecule has 15 heavy (non-hydrogen) atoms. The third-order valence-electron chi connectivity index (χ3n) is 1.99. The molecule has 5 nitrogen and oxygen atoms in total. The predicted octanol–water partition coefficient (Wildman–Crippen LogP) is 0.546. The number of aliphatic hydroxyl groups excluding tert-OH is 1. The molecule has 1 aromatic heterocycles. The topological polar surface area (TPSA) is 78.0 Å². The van der Waals surface area contributed by atoms with Gasteiger partial charge in [-0.25, -0.2) is 0 Å². The maximum absolute atomic E-state index is 11.4. The van der Waals surface area contributed by atoms with E-state index in [4.69, 9.17) is 0 Å². The van der Waals surface area contributed by atoms with E-state index in [0.29, 0.717) is 18.0 Å². The van der Waals surface area contributed by atoms with Crippen molar-refractivity contribution in [2.45, 2.75) is 26.4 Å². The molecule has 0 aliphatic rings. The number of hydrogen-bond donors (Lipinski definition) is 3. The van der Waals surface area contributed by atoms with Crippen LogP contribution in [0, 0.1) is 5.92 Å². The van der Waals surface area contributed by atoms with Crippen molar-refractivity contribution in [3.05, 3.63) is 18.0 Å². The van der Waals surface area contributed by atoms with E-state index in [1.54, 1.807) is 6.07 Å². The Kier molecular flexibility index (Phi) is 4.30. The van der Waals surface area contributed by atoms with Gasteiger partial charge in [-0.15, -0.1) is 0 Å². The number of carbonyl (C=O) groups excluding carboxylic acids is 1. The van der Waals surface area contributed by atoms with Gasteiger partial charge in [0.2, 0.25) is 0 Å². The second-order valence-corrected chi connectivity index (χ2v) is 3.96. The summed E-state index contributed by atoms with van der Waals surface area (Å²) in [6, 6.07) is 1.59. The van der Waals surface area contributed by atoms with Crippen LogP contribution in [0.1, 0.15) is 30.8 Å². The molecule has 1 rings (SSSR count). The van der Waals surface area contributed by atoms with E-state index in [1.807, 2.05) is 13.8 Å². The summed E-state index contributed by atoms with van der Waals surface area (Å²) in [6.45, 7) is 4.33. The zero-order valence-corrected chi connectivity index (χ0v) is 9.03. The van der Waals surface area contributed by atoms with E-state index in [9.17, 15) is 9.90 Å². The molecule has 1 unspecified atom stereocenters. The van der Waals surface area contributed by atoms with Crippen molar-refractivity contribution in [2.75, 3.05) is 6.54 Å². The van der Waals surface area contributed by atoms with E-state index in [1.165, 1.54) is 6.20 Å². The van der Waals surface area contributed by atoms with Crippen molar-refractivity contribution in [1.82, 2.24) is 15.5 Å². The fourth-order valence-corrected chi connectivity index (χ4v) is 1.32. The van der Waals surface area contributed by atoms with Crippen molar-refractivity contribution in [3.63, 3.8) is 0 Å². The van der Waals surface area contributed by atoms with Crippen LogP contribution in [0.3, 0.4) is 0 Å². The molecule has 0 spiro atoms. The number of H-pyrrole nitrogens is 1. The minimum Gasteiger partial charge on any atom is -0.391 e. The van der Waals surface area contributed by atoms with Crippen LogP contribution in [0.15, 0.2) is 12.3 Å². The zero-order chi connectivity index (χ0) is 11.3. The standard InChI is InChI=1S/C10H17N3O2/c1-7(2)5-8(14)6-11-10(15)9-3-4-12-13-9/h3-4,7-8,14H,5-6H2,1-2H3,(H,11,15)(H,12,13). The van der Waals surface area contributed by atoms with Gasteiger partial charge < -0.3 is 10.4 Å². The lowest BCUT2D eigenvalue weighted by molar-refractivity contribution is 0.0895. The summed E-state index contributed by atoms with van der Waals surface area (Å²) in [4.78, 5) is 11.4. The molecule has 0 radical (unpaired) electrons. The predicted molar refractivity (Wildman–Crippen MR) is 56.4 cm³/mol. The van der Waals surface area contributed by atoms with Gasteiger partial charge >= 0.3 is 0 Å². The molecule has 0 aliphatic heterocycles. The van der Waals surface area contributed by atoms with E-state index >= 15 is 0 Å². The van der Waals surface area contributed by atoms with Crippen LogP contribution in [0.25, 0.3) is 0 Å². The lowest BCUT2D eigenvalue weighted by Crippen LogP contribution is -2.32. The van der Waals surface area contributed by atoms with Gasteiger partial charge in [0.05, 0.1) is 6.10 Å². The average Bonchev–Trinajstić information content (AvgIpc) is 2.65. The van der Waals surface area contributed by atoms with E-state index < -0.39 is 6.10 Å². The summed E-state index contributed by atoms with van der Waals surface area (Å²) >= 11 is 0. The second kappa shape index (κ2) is 5.50. The highest BCUT2D eigenvalue weighted by atomic mass is 16.3. The van der Waals surface area contributed by atoms with Crippen molar-refractivity contribution in [1.29, 1.82) is 0 Å². The summed E-state index contributed by atoms with van der Waals surface area (Å²) in [7, 11) is 0. The van der Waals surface area contributed by atoms with Crippen LogP contribution in [0.4, 0.5) is 0 Å². The third kappa shape index (κ3) is 4.12. The smallest absolute Gasteiger partial charge is 0.269 e. The van der Waals surface area contributed by atoms with Gasteiger partial charge in [0.1, 0.15) is 5.69 Å². The Balaban J connectivity index is 2.28. The molecule has 1 aromatic rings. The van der Waals surface area contributed by atoms with Gasteiger partial charge in [-0.1, -0.05) is 13.8 Å². The minimum absolute atomic E-state index is 0.240.